The second-order valence-electron chi connectivity index (χ2n) is 5.07. The highest BCUT2D eigenvalue weighted by Crippen LogP contribution is 2.33. The molecule has 1 fully saturated rings. The van der Waals surface area contributed by atoms with E-state index in [0.29, 0.717) is 22.0 Å². The quantitative estimate of drug-likeness (QED) is 0.843. The number of hydrogen-bond acceptors (Lipinski definition) is 3. The first kappa shape index (κ1) is 13.0. The fraction of sp³-hybridized carbons (Fsp3) is 0.267. The second-order valence-corrected chi connectivity index (χ2v) is 5.54. The number of benzene rings is 1. The lowest BCUT2D eigenvalue weighted by atomic mass is 10.1. The topological polar surface area (TPSA) is 68.0 Å². The lowest BCUT2D eigenvalue weighted by Crippen LogP contribution is -2.45. The van der Waals surface area contributed by atoms with Gasteiger partial charge in [0.15, 0.2) is 0 Å². The Morgan fingerprint density at radius 3 is 2.80 bits per heavy atom. The van der Waals surface area contributed by atoms with Crippen LogP contribution in [-0.2, 0) is 0 Å². The minimum Gasteiger partial charge on any atom is -0.392 e. The SMILES string of the molecule is NC(=S)C(NC(=O)c1cccc2cccnc12)C1CC1. The van der Waals surface area contributed by atoms with Gasteiger partial charge in [-0.15, -0.1) is 0 Å². The van der Waals surface area contributed by atoms with Gasteiger partial charge in [0, 0.05) is 11.6 Å². The van der Waals surface area contributed by atoms with Crippen LogP contribution in [0.1, 0.15) is 23.2 Å². The van der Waals surface area contributed by atoms with E-state index in [1.165, 1.54) is 0 Å². The number of amides is 1. The third-order valence-corrected chi connectivity index (χ3v) is 3.82. The van der Waals surface area contributed by atoms with Gasteiger partial charge in [-0.2, -0.15) is 0 Å². The van der Waals surface area contributed by atoms with E-state index in [4.69, 9.17) is 18.0 Å². The Labute approximate surface area is 122 Å². The minimum absolute atomic E-state index is 0.168. The number of nitrogens with two attached hydrogens (primary N) is 1. The number of carbonyl (C=O) groups is 1. The zero-order valence-corrected chi connectivity index (χ0v) is 11.7. The summed E-state index contributed by atoms with van der Waals surface area (Å²) in [6.07, 6.45) is 3.82. The Balaban J connectivity index is 1.90. The van der Waals surface area contributed by atoms with Crippen molar-refractivity contribution < 1.29 is 4.79 Å². The van der Waals surface area contributed by atoms with Gasteiger partial charge in [0.05, 0.1) is 22.1 Å². The molecule has 3 N–H and O–H groups in total. The van der Waals surface area contributed by atoms with E-state index in [1.54, 1.807) is 12.3 Å². The van der Waals surface area contributed by atoms with Gasteiger partial charge in [0.25, 0.3) is 5.91 Å². The average Bonchev–Trinajstić information content (AvgIpc) is 3.28. The fourth-order valence-electron chi connectivity index (χ4n) is 2.36. The van der Waals surface area contributed by atoms with E-state index in [1.807, 2.05) is 24.3 Å². The fourth-order valence-corrected chi connectivity index (χ4v) is 2.61. The van der Waals surface area contributed by atoms with Crippen molar-refractivity contribution in [3.63, 3.8) is 0 Å². The Hall–Kier alpha value is -2.01. The highest BCUT2D eigenvalue weighted by Gasteiger charge is 2.34. The van der Waals surface area contributed by atoms with Gasteiger partial charge in [0.2, 0.25) is 0 Å². The van der Waals surface area contributed by atoms with Crippen molar-refractivity contribution in [2.45, 2.75) is 18.9 Å². The number of carbonyl (C=O) groups excluding carboxylic acids is 1. The molecular weight excluding hydrogens is 270 g/mol. The summed E-state index contributed by atoms with van der Waals surface area (Å²) < 4.78 is 0. The van der Waals surface area contributed by atoms with Crippen LogP contribution in [0.5, 0.6) is 0 Å². The molecule has 4 nitrogen and oxygen atoms in total. The van der Waals surface area contributed by atoms with Gasteiger partial charge >= 0.3 is 0 Å². The van der Waals surface area contributed by atoms with Crippen LogP contribution in [0.4, 0.5) is 0 Å². The van der Waals surface area contributed by atoms with Crippen LogP contribution in [0.2, 0.25) is 0 Å². The van der Waals surface area contributed by atoms with E-state index < -0.39 is 0 Å². The zero-order valence-electron chi connectivity index (χ0n) is 10.9. The van der Waals surface area contributed by atoms with Crippen molar-refractivity contribution in [1.29, 1.82) is 0 Å². The number of aromatic nitrogens is 1. The van der Waals surface area contributed by atoms with Crippen LogP contribution >= 0.6 is 12.2 Å². The third kappa shape index (κ3) is 2.49. The number of nitrogens with zero attached hydrogens (tertiary/aromatic N) is 1. The van der Waals surface area contributed by atoms with Crippen LogP contribution in [0.25, 0.3) is 10.9 Å². The van der Waals surface area contributed by atoms with Crippen molar-refractivity contribution in [2.75, 3.05) is 0 Å². The Morgan fingerprint density at radius 2 is 2.10 bits per heavy atom. The molecule has 3 rings (SSSR count). The largest absolute Gasteiger partial charge is 0.392 e. The molecule has 1 heterocycles. The summed E-state index contributed by atoms with van der Waals surface area (Å²) in [7, 11) is 0. The predicted octanol–water partition coefficient (Wildman–Crippen LogP) is 2.03. The summed E-state index contributed by atoms with van der Waals surface area (Å²) in [5, 5.41) is 3.88. The lowest BCUT2D eigenvalue weighted by molar-refractivity contribution is 0.0945. The molecule has 0 aliphatic heterocycles. The minimum atomic E-state index is -0.212. The molecular formula is C15H15N3OS. The highest BCUT2D eigenvalue weighted by atomic mass is 32.1. The maximum absolute atomic E-state index is 12.4. The van der Waals surface area contributed by atoms with Gasteiger partial charge < -0.3 is 11.1 Å². The molecule has 1 atom stereocenters. The zero-order chi connectivity index (χ0) is 14.1. The smallest absolute Gasteiger partial charge is 0.254 e. The van der Waals surface area contributed by atoms with E-state index in [2.05, 4.69) is 10.3 Å². The molecule has 1 saturated carbocycles. The summed E-state index contributed by atoms with van der Waals surface area (Å²) in [6, 6.07) is 9.14. The first-order valence-electron chi connectivity index (χ1n) is 6.61. The standard InChI is InChI=1S/C15H15N3OS/c16-14(20)13(10-6-7-10)18-15(19)11-5-1-3-9-4-2-8-17-12(9)11/h1-5,8,10,13H,6-7H2,(H2,16,20)(H,18,19). The molecule has 5 heteroatoms. The number of pyridine rings is 1. The molecule has 1 amide bonds. The first-order chi connectivity index (χ1) is 9.66. The molecule has 0 saturated heterocycles. The molecule has 1 aromatic carbocycles. The summed E-state index contributed by atoms with van der Waals surface area (Å²) in [5.41, 5.74) is 6.98. The van der Waals surface area contributed by atoms with E-state index in [-0.39, 0.29) is 11.9 Å². The van der Waals surface area contributed by atoms with Crippen LogP contribution < -0.4 is 11.1 Å². The molecule has 1 aliphatic rings. The number of hydrogen-bond donors (Lipinski definition) is 2. The lowest BCUT2D eigenvalue weighted by Gasteiger charge is -2.17. The van der Waals surface area contributed by atoms with Crippen LogP contribution in [0.15, 0.2) is 36.5 Å². The summed E-state index contributed by atoms with van der Waals surface area (Å²) >= 11 is 5.04. The number of nitrogens with one attached hydrogen (secondary N) is 1. The molecule has 0 radical (unpaired) electrons. The normalized spacial score (nSPS) is 15.8. The highest BCUT2D eigenvalue weighted by molar-refractivity contribution is 7.80. The molecule has 20 heavy (non-hydrogen) atoms. The molecule has 1 aromatic heterocycles. The van der Waals surface area contributed by atoms with Crippen molar-refractivity contribution in [3.8, 4) is 0 Å². The number of fused-ring (bicyclic) bond motifs is 1. The predicted molar refractivity (Wildman–Crippen MR) is 82.5 cm³/mol. The van der Waals surface area contributed by atoms with Crippen LogP contribution in [-0.4, -0.2) is 21.9 Å². The van der Waals surface area contributed by atoms with Gasteiger partial charge in [-0.1, -0.05) is 30.4 Å². The van der Waals surface area contributed by atoms with E-state index in [0.717, 1.165) is 18.2 Å². The molecule has 0 spiro atoms. The summed E-state index contributed by atoms with van der Waals surface area (Å²) in [5.74, 6) is 0.221. The van der Waals surface area contributed by atoms with Gasteiger partial charge in [0.1, 0.15) is 0 Å². The van der Waals surface area contributed by atoms with E-state index in [9.17, 15) is 4.79 Å². The first-order valence-corrected chi connectivity index (χ1v) is 7.01. The molecule has 0 bridgehead atoms. The Kier molecular flexibility index (Phi) is 3.36. The third-order valence-electron chi connectivity index (χ3n) is 3.56. The number of para-hydroxylation sites is 1. The number of thiocarbonyl (C=S) groups is 1. The van der Waals surface area contributed by atoms with Gasteiger partial charge in [-0.05, 0) is 30.9 Å². The van der Waals surface area contributed by atoms with Gasteiger partial charge in [-0.25, -0.2) is 0 Å². The second kappa shape index (κ2) is 5.17. The van der Waals surface area contributed by atoms with Crippen molar-refractivity contribution in [3.05, 3.63) is 42.1 Å². The Morgan fingerprint density at radius 1 is 1.35 bits per heavy atom. The summed E-state index contributed by atoms with van der Waals surface area (Å²) in [6.45, 7) is 0. The Bertz CT molecular complexity index is 676. The van der Waals surface area contributed by atoms with Crippen molar-refractivity contribution in [2.24, 2.45) is 11.7 Å². The molecule has 1 aliphatic carbocycles. The maximum atomic E-state index is 12.4. The van der Waals surface area contributed by atoms with E-state index >= 15 is 0 Å². The van der Waals surface area contributed by atoms with Crippen molar-refractivity contribution in [1.82, 2.24) is 10.3 Å². The number of rotatable bonds is 4. The average molecular weight is 285 g/mol. The van der Waals surface area contributed by atoms with Crippen LogP contribution in [0.3, 0.4) is 0 Å². The maximum Gasteiger partial charge on any atom is 0.254 e. The molecule has 102 valence electrons. The molecule has 1 unspecified atom stereocenters. The molecule has 2 aromatic rings. The monoisotopic (exact) mass is 285 g/mol. The van der Waals surface area contributed by atoms with Crippen molar-refractivity contribution >= 4 is 34.0 Å². The van der Waals surface area contributed by atoms with Crippen LogP contribution in [0, 0.1) is 5.92 Å². The van der Waals surface area contributed by atoms with Gasteiger partial charge in [-0.3, -0.25) is 9.78 Å². The summed E-state index contributed by atoms with van der Waals surface area (Å²) in [4.78, 5) is 17.1.